The molecule has 7 nitrogen and oxygen atoms in total. The first-order chi connectivity index (χ1) is 17.8. The van der Waals surface area contributed by atoms with Gasteiger partial charge in [-0.25, -0.2) is 4.79 Å². The topological polar surface area (TPSA) is 99.9 Å². The Bertz CT molecular complexity index is 1240. The van der Waals surface area contributed by atoms with Crippen molar-refractivity contribution >= 4 is 17.6 Å². The molecule has 0 heterocycles. The van der Waals surface area contributed by atoms with Gasteiger partial charge in [0.05, 0.1) is 17.8 Å². The van der Waals surface area contributed by atoms with E-state index in [2.05, 4.69) is 5.32 Å². The third kappa shape index (κ3) is 8.92. The Morgan fingerprint density at radius 1 is 0.842 bits per heavy atom. The van der Waals surface area contributed by atoms with Gasteiger partial charge >= 0.3 is 5.97 Å². The maximum absolute atomic E-state index is 13.5. The van der Waals surface area contributed by atoms with E-state index in [1.807, 2.05) is 81.4 Å². The molecule has 0 saturated carbocycles. The molecule has 1 amide bonds. The van der Waals surface area contributed by atoms with Crippen molar-refractivity contribution in [1.29, 1.82) is 0 Å². The van der Waals surface area contributed by atoms with Crippen LogP contribution in [0.1, 0.15) is 57.5 Å². The monoisotopic (exact) mass is 518 g/mol. The minimum atomic E-state index is -1.00. The Hall–Kier alpha value is -3.84. The number of carbonyl (C=O) groups excluding carboxylic acids is 2. The van der Waals surface area contributed by atoms with Crippen LogP contribution in [0.2, 0.25) is 0 Å². The Morgan fingerprint density at radius 3 is 2.16 bits per heavy atom. The number of nitrogens with one attached hydrogen (secondary N) is 1. The van der Waals surface area contributed by atoms with Crippen LogP contribution in [0.25, 0.3) is 11.1 Å². The zero-order valence-electron chi connectivity index (χ0n) is 23.0. The SMILES string of the molecule is CC(C)(C)OCC(NC(=O)c1ccc(-c2cccc(N)c2)cc1OCc1ccccc1)C(=O)OC(C)(C)C. The quantitative estimate of drug-likeness (QED) is 0.276. The number of hydrogen-bond acceptors (Lipinski definition) is 6. The van der Waals surface area contributed by atoms with Gasteiger partial charge in [-0.2, -0.15) is 0 Å². The van der Waals surface area contributed by atoms with E-state index in [1.165, 1.54) is 0 Å². The summed E-state index contributed by atoms with van der Waals surface area (Å²) in [6.07, 6.45) is 0. The lowest BCUT2D eigenvalue weighted by molar-refractivity contribution is -0.160. The van der Waals surface area contributed by atoms with Crippen molar-refractivity contribution in [2.75, 3.05) is 12.3 Å². The number of rotatable bonds is 9. The number of ether oxygens (including phenoxy) is 3. The Balaban J connectivity index is 1.92. The number of anilines is 1. The van der Waals surface area contributed by atoms with Crippen molar-refractivity contribution in [2.45, 2.75) is 65.4 Å². The fraction of sp³-hybridized carbons (Fsp3) is 0.355. The van der Waals surface area contributed by atoms with Gasteiger partial charge in [0.15, 0.2) is 6.04 Å². The molecule has 0 bridgehead atoms. The first kappa shape index (κ1) is 28.7. The van der Waals surface area contributed by atoms with Gasteiger partial charge in [0, 0.05) is 5.69 Å². The van der Waals surface area contributed by atoms with Gasteiger partial charge in [0.25, 0.3) is 5.91 Å². The molecule has 0 radical (unpaired) electrons. The molecule has 0 saturated heterocycles. The normalized spacial score (nSPS) is 12.5. The highest BCUT2D eigenvalue weighted by Gasteiger charge is 2.30. The summed E-state index contributed by atoms with van der Waals surface area (Å²) < 4.78 is 17.5. The standard InChI is InChI=1S/C31H38N2O5/c1-30(2,3)37-20-26(29(35)38-31(4,5)6)33-28(34)25-16-15-23(22-13-10-14-24(32)17-22)18-27(25)36-19-21-11-8-7-9-12-21/h7-18,26H,19-20,32H2,1-6H3,(H,33,34). The Labute approximate surface area is 225 Å². The molecule has 3 aromatic carbocycles. The van der Waals surface area contributed by atoms with Crippen LogP contribution in [0.5, 0.6) is 5.75 Å². The fourth-order valence-electron chi connectivity index (χ4n) is 3.57. The Morgan fingerprint density at radius 2 is 1.53 bits per heavy atom. The molecule has 1 atom stereocenters. The van der Waals surface area contributed by atoms with Crippen LogP contribution >= 0.6 is 0 Å². The Kier molecular flexibility index (Phi) is 9.17. The molecule has 0 fully saturated rings. The summed E-state index contributed by atoms with van der Waals surface area (Å²) in [6, 6.07) is 21.5. The summed E-state index contributed by atoms with van der Waals surface area (Å²) in [5.41, 5.74) is 8.38. The van der Waals surface area contributed by atoms with Crippen LogP contribution in [0.4, 0.5) is 5.69 Å². The lowest BCUT2D eigenvalue weighted by Gasteiger charge is -2.27. The molecule has 3 rings (SSSR count). The molecular weight excluding hydrogens is 480 g/mol. The first-order valence-corrected chi connectivity index (χ1v) is 12.7. The predicted molar refractivity (Wildman–Crippen MR) is 150 cm³/mol. The molecule has 1 unspecified atom stereocenters. The van der Waals surface area contributed by atoms with Gasteiger partial charge in [-0.15, -0.1) is 0 Å². The van der Waals surface area contributed by atoms with Gasteiger partial charge in [-0.05, 0) is 82.5 Å². The summed E-state index contributed by atoms with van der Waals surface area (Å²) in [4.78, 5) is 26.5. The van der Waals surface area contributed by atoms with Crippen molar-refractivity contribution < 1.29 is 23.8 Å². The zero-order valence-corrected chi connectivity index (χ0v) is 23.0. The molecule has 202 valence electrons. The zero-order chi connectivity index (χ0) is 27.9. The second-order valence-corrected chi connectivity index (χ2v) is 11.1. The molecule has 0 aromatic heterocycles. The second-order valence-electron chi connectivity index (χ2n) is 11.1. The van der Waals surface area contributed by atoms with E-state index < -0.39 is 29.1 Å². The smallest absolute Gasteiger partial charge is 0.331 e. The van der Waals surface area contributed by atoms with Crippen molar-refractivity contribution in [1.82, 2.24) is 5.32 Å². The average molecular weight is 519 g/mol. The van der Waals surface area contributed by atoms with Crippen LogP contribution in [0.3, 0.4) is 0 Å². The summed E-state index contributed by atoms with van der Waals surface area (Å²) in [7, 11) is 0. The predicted octanol–water partition coefficient (Wildman–Crippen LogP) is 5.77. The molecule has 38 heavy (non-hydrogen) atoms. The number of esters is 1. The average Bonchev–Trinajstić information content (AvgIpc) is 2.84. The number of carbonyl (C=O) groups is 2. The number of benzene rings is 3. The third-order valence-electron chi connectivity index (χ3n) is 5.36. The van der Waals surface area contributed by atoms with E-state index in [-0.39, 0.29) is 18.8 Å². The van der Waals surface area contributed by atoms with Crippen LogP contribution in [0.15, 0.2) is 72.8 Å². The first-order valence-electron chi connectivity index (χ1n) is 12.7. The molecule has 3 N–H and O–H groups in total. The molecule has 0 aliphatic carbocycles. The van der Waals surface area contributed by atoms with E-state index in [9.17, 15) is 9.59 Å². The summed E-state index contributed by atoms with van der Waals surface area (Å²) >= 11 is 0. The van der Waals surface area contributed by atoms with E-state index in [0.717, 1.165) is 16.7 Å². The number of nitrogen functional groups attached to an aromatic ring is 1. The maximum atomic E-state index is 13.5. The largest absolute Gasteiger partial charge is 0.488 e. The summed E-state index contributed by atoms with van der Waals surface area (Å²) in [5.74, 6) is -0.662. The van der Waals surface area contributed by atoms with Crippen molar-refractivity contribution in [3.05, 3.63) is 83.9 Å². The van der Waals surface area contributed by atoms with Crippen LogP contribution in [0, 0.1) is 0 Å². The van der Waals surface area contributed by atoms with Gasteiger partial charge in [-0.1, -0.05) is 48.5 Å². The lowest BCUT2D eigenvalue weighted by atomic mass is 10.0. The molecule has 3 aromatic rings. The lowest BCUT2D eigenvalue weighted by Crippen LogP contribution is -2.48. The van der Waals surface area contributed by atoms with Gasteiger partial charge in [0.2, 0.25) is 0 Å². The molecule has 0 aliphatic heterocycles. The highest BCUT2D eigenvalue weighted by molar-refractivity contribution is 5.99. The number of amides is 1. The van der Waals surface area contributed by atoms with Crippen LogP contribution < -0.4 is 15.8 Å². The van der Waals surface area contributed by atoms with Crippen molar-refractivity contribution in [2.24, 2.45) is 0 Å². The molecular formula is C31H38N2O5. The highest BCUT2D eigenvalue weighted by atomic mass is 16.6. The van der Waals surface area contributed by atoms with E-state index in [4.69, 9.17) is 19.9 Å². The fourth-order valence-corrected chi connectivity index (χ4v) is 3.57. The van der Waals surface area contributed by atoms with Crippen LogP contribution in [-0.4, -0.2) is 35.7 Å². The van der Waals surface area contributed by atoms with E-state index >= 15 is 0 Å². The molecule has 0 spiro atoms. The second kappa shape index (κ2) is 12.1. The minimum Gasteiger partial charge on any atom is -0.488 e. The van der Waals surface area contributed by atoms with Crippen molar-refractivity contribution in [3.8, 4) is 16.9 Å². The number of nitrogens with two attached hydrogens (primary N) is 1. The third-order valence-corrected chi connectivity index (χ3v) is 5.36. The number of hydrogen-bond donors (Lipinski definition) is 2. The van der Waals surface area contributed by atoms with Gasteiger partial charge < -0.3 is 25.3 Å². The molecule has 0 aliphatic rings. The van der Waals surface area contributed by atoms with E-state index in [1.54, 1.807) is 32.9 Å². The minimum absolute atomic E-state index is 0.0360. The summed E-state index contributed by atoms with van der Waals surface area (Å²) in [6.45, 7) is 11.2. The summed E-state index contributed by atoms with van der Waals surface area (Å²) in [5, 5.41) is 2.80. The van der Waals surface area contributed by atoms with Crippen LogP contribution in [-0.2, 0) is 20.9 Å². The van der Waals surface area contributed by atoms with Crippen molar-refractivity contribution in [3.63, 3.8) is 0 Å². The molecule has 7 heteroatoms. The highest BCUT2D eigenvalue weighted by Crippen LogP contribution is 2.29. The van der Waals surface area contributed by atoms with Gasteiger partial charge in [-0.3, -0.25) is 4.79 Å². The van der Waals surface area contributed by atoms with E-state index in [0.29, 0.717) is 11.4 Å². The van der Waals surface area contributed by atoms with Gasteiger partial charge in [0.1, 0.15) is 18.0 Å². The maximum Gasteiger partial charge on any atom is 0.331 e.